The molecule has 1 fully saturated rings. The maximum Gasteiger partial charge on any atom is 0.109 e. The molecule has 1 saturated carbocycles. The predicted molar refractivity (Wildman–Crippen MR) is 54.8 cm³/mol. The Hall–Kier alpha value is -0.830. The van der Waals surface area contributed by atoms with Crippen LogP contribution in [0, 0.1) is 5.41 Å². The molecule has 0 bridgehead atoms. The second-order valence-corrected chi connectivity index (χ2v) is 4.67. The fourth-order valence-corrected chi connectivity index (χ4v) is 1.98. The highest BCUT2D eigenvalue weighted by Gasteiger charge is 2.54. The van der Waals surface area contributed by atoms with Crippen molar-refractivity contribution in [3.05, 3.63) is 18.0 Å². The highest BCUT2D eigenvalue weighted by atomic mass is 16.3. The number of aryl methyl sites for hydroxylation is 1. The number of aromatic nitrogens is 2. The summed E-state index contributed by atoms with van der Waals surface area (Å²) in [7, 11) is 0. The van der Waals surface area contributed by atoms with Crippen molar-refractivity contribution in [2.45, 2.75) is 45.8 Å². The summed E-state index contributed by atoms with van der Waals surface area (Å²) in [4.78, 5) is 0. The van der Waals surface area contributed by atoms with Crippen molar-refractivity contribution >= 4 is 0 Å². The molecule has 1 aromatic heterocycles. The number of aliphatic hydroxyl groups is 1. The third kappa shape index (κ3) is 1.19. The minimum absolute atomic E-state index is 0.0555. The molecule has 14 heavy (non-hydrogen) atoms. The van der Waals surface area contributed by atoms with Crippen LogP contribution in [0.2, 0.25) is 0 Å². The molecule has 2 rings (SSSR count). The molecule has 3 nitrogen and oxygen atoms in total. The molecule has 0 saturated heterocycles. The fourth-order valence-electron chi connectivity index (χ4n) is 1.98. The Morgan fingerprint density at radius 1 is 1.64 bits per heavy atom. The van der Waals surface area contributed by atoms with Gasteiger partial charge in [0.15, 0.2) is 0 Å². The summed E-state index contributed by atoms with van der Waals surface area (Å²) in [5.41, 5.74) is 0.263. The average molecular weight is 194 g/mol. The summed E-state index contributed by atoms with van der Waals surface area (Å²) in [6.07, 6.45) is 3.98. The lowest BCUT2D eigenvalue weighted by Crippen LogP contribution is -2.34. The lowest BCUT2D eigenvalue weighted by molar-refractivity contribution is -0.0206. The second kappa shape index (κ2) is 2.83. The van der Waals surface area contributed by atoms with Gasteiger partial charge < -0.3 is 5.11 Å². The number of hydrogen-bond donors (Lipinski definition) is 1. The Labute approximate surface area is 84.7 Å². The fraction of sp³-hybridized carbons (Fsp3) is 0.727. The van der Waals surface area contributed by atoms with E-state index in [1.165, 1.54) is 0 Å². The van der Waals surface area contributed by atoms with E-state index in [1.54, 1.807) is 6.20 Å². The minimum Gasteiger partial charge on any atom is -0.383 e. The third-order valence-corrected chi connectivity index (χ3v) is 3.69. The highest BCUT2D eigenvalue weighted by Crippen LogP contribution is 2.57. The highest BCUT2D eigenvalue weighted by molar-refractivity contribution is 5.19. The molecular formula is C11H18N2O. The molecule has 78 valence electrons. The van der Waals surface area contributed by atoms with E-state index in [4.69, 9.17) is 0 Å². The quantitative estimate of drug-likeness (QED) is 0.798. The zero-order chi connectivity index (χ0) is 10.4. The molecular weight excluding hydrogens is 176 g/mol. The smallest absolute Gasteiger partial charge is 0.109 e. The van der Waals surface area contributed by atoms with Gasteiger partial charge in [-0.3, -0.25) is 4.68 Å². The first-order chi connectivity index (χ1) is 6.51. The zero-order valence-corrected chi connectivity index (χ0v) is 9.12. The van der Waals surface area contributed by atoms with E-state index in [0.29, 0.717) is 0 Å². The van der Waals surface area contributed by atoms with Gasteiger partial charge in [-0.25, -0.2) is 0 Å². The van der Waals surface area contributed by atoms with Crippen LogP contribution in [0.3, 0.4) is 0 Å². The number of hydrogen-bond acceptors (Lipinski definition) is 2. The number of rotatable bonds is 3. The molecule has 0 radical (unpaired) electrons. The zero-order valence-electron chi connectivity index (χ0n) is 9.12. The van der Waals surface area contributed by atoms with Gasteiger partial charge in [-0.15, -0.1) is 0 Å². The Balaban J connectivity index is 2.38. The van der Waals surface area contributed by atoms with Crippen LogP contribution in [0.5, 0.6) is 0 Å². The van der Waals surface area contributed by atoms with Gasteiger partial charge >= 0.3 is 0 Å². The lowest BCUT2D eigenvalue weighted by atomic mass is 9.84. The van der Waals surface area contributed by atoms with Crippen LogP contribution in [0.4, 0.5) is 0 Å². The first-order valence-electron chi connectivity index (χ1n) is 5.26. The lowest BCUT2D eigenvalue weighted by Gasteiger charge is -2.30. The topological polar surface area (TPSA) is 38.0 Å². The van der Waals surface area contributed by atoms with E-state index in [0.717, 1.165) is 25.1 Å². The summed E-state index contributed by atoms with van der Waals surface area (Å²) in [5, 5.41) is 14.7. The van der Waals surface area contributed by atoms with Crippen LogP contribution in [0.25, 0.3) is 0 Å². The number of nitrogens with zero attached hydrogens (tertiary/aromatic N) is 2. The molecule has 1 N–H and O–H groups in total. The molecule has 0 amide bonds. The van der Waals surface area contributed by atoms with Gasteiger partial charge in [0, 0.05) is 18.2 Å². The van der Waals surface area contributed by atoms with Crippen molar-refractivity contribution in [1.82, 2.24) is 9.78 Å². The van der Waals surface area contributed by atoms with Gasteiger partial charge in [0.05, 0.1) is 5.69 Å². The first kappa shape index (κ1) is 9.71. The molecule has 0 aliphatic heterocycles. The Kier molecular flexibility index (Phi) is 1.96. The molecule has 3 heteroatoms. The maximum atomic E-state index is 10.5. The van der Waals surface area contributed by atoms with Crippen molar-refractivity contribution in [2.75, 3.05) is 0 Å². The molecule has 0 spiro atoms. The van der Waals surface area contributed by atoms with Gasteiger partial charge in [0.25, 0.3) is 0 Å². The van der Waals surface area contributed by atoms with Gasteiger partial charge in [-0.1, -0.05) is 6.92 Å². The molecule has 1 unspecified atom stereocenters. The summed E-state index contributed by atoms with van der Waals surface area (Å²) < 4.78 is 1.88. The summed E-state index contributed by atoms with van der Waals surface area (Å²) >= 11 is 0. The van der Waals surface area contributed by atoms with Crippen molar-refractivity contribution in [3.63, 3.8) is 0 Å². The van der Waals surface area contributed by atoms with Crippen LogP contribution in [0.1, 0.15) is 39.3 Å². The van der Waals surface area contributed by atoms with Gasteiger partial charge in [0.2, 0.25) is 0 Å². The van der Waals surface area contributed by atoms with Crippen molar-refractivity contribution < 1.29 is 5.11 Å². The van der Waals surface area contributed by atoms with E-state index in [1.807, 2.05) is 24.6 Å². The van der Waals surface area contributed by atoms with Crippen LogP contribution in [-0.4, -0.2) is 14.9 Å². The third-order valence-electron chi connectivity index (χ3n) is 3.69. The first-order valence-corrected chi connectivity index (χ1v) is 5.26. The molecule has 1 aliphatic carbocycles. The van der Waals surface area contributed by atoms with Crippen LogP contribution >= 0.6 is 0 Å². The van der Waals surface area contributed by atoms with E-state index in [-0.39, 0.29) is 5.41 Å². The standard InChI is InChI=1S/C11H18N2O/c1-4-13-9(5-8-12-13)11(3,14)10(2)6-7-10/h5,8,14H,4,6-7H2,1-3H3. The molecule has 1 atom stereocenters. The average Bonchev–Trinajstić information content (AvgIpc) is 2.73. The van der Waals surface area contributed by atoms with Crippen LogP contribution < -0.4 is 0 Å². The second-order valence-electron chi connectivity index (χ2n) is 4.67. The van der Waals surface area contributed by atoms with E-state index in [9.17, 15) is 5.11 Å². The monoisotopic (exact) mass is 194 g/mol. The van der Waals surface area contributed by atoms with Crippen molar-refractivity contribution in [1.29, 1.82) is 0 Å². The van der Waals surface area contributed by atoms with Gasteiger partial charge in [-0.2, -0.15) is 5.10 Å². The summed E-state index contributed by atoms with van der Waals surface area (Å²) in [6.45, 7) is 6.90. The molecule has 1 aliphatic rings. The van der Waals surface area contributed by atoms with E-state index in [2.05, 4.69) is 12.0 Å². The predicted octanol–water partition coefficient (Wildman–Crippen LogP) is 1.91. The molecule has 1 aromatic rings. The van der Waals surface area contributed by atoms with Crippen molar-refractivity contribution in [3.8, 4) is 0 Å². The Bertz CT molecular complexity index is 337. The van der Waals surface area contributed by atoms with E-state index >= 15 is 0 Å². The minimum atomic E-state index is -0.737. The Morgan fingerprint density at radius 2 is 2.29 bits per heavy atom. The largest absolute Gasteiger partial charge is 0.383 e. The van der Waals surface area contributed by atoms with Crippen molar-refractivity contribution in [2.24, 2.45) is 5.41 Å². The van der Waals surface area contributed by atoms with Crippen LogP contribution in [0.15, 0.2) is 12.3 Å². The summed E-state index contributed by atoms with van der Waals surface area (Å²) in [6, 6.07) is 1.92. The molecule has 0 aromatic carbocycles. The maximum absolute atomic E-state index is 10.5. The van der Waals surface area contributed by atoms with Gasteiger partial charge in [0.1, 0.15) is 5.60 Å². The van der Waals surface area contributed by atoms with E-state index < -0.39 is 5.60 Å². The Morgan fingerprint density at radius 3 is 2.79 bits per heavy atom. The van der Waals surface area contributed by atoms with Gasteiger partial charge in [-0.05, 0) is 32.8 Å². The molecule has 1 heterocycles. The SMILES string of the molecule is CCn1nccc1C(C)(O)C1(C)CC1. The normalized spacial score (nSPS) is 23.1. The van der Waals surface area contributed by atoms with Crippen LogP contribution in [-0.2, 0) is 12.1 Å². The summed E-state index contributed by atoms with van der Waals surface area (Å²) in [5.74, 6) is 0.